The van der Waals surface area contributed by atoms with Crippen LogP contribution in [0.3, 0.4) is 0 Å². The number of rotatable bonds is 7. The average molecular weight is 220 g/mol. The van der Waals surface area contributed by atoms with Gasteiger partial charge < -0.3 is 4.90 Å². The van der Waals surface area contributed by atoms with Gasteiger partial charge in [-0.1, -0.05) is 20.8 Å². The molecule has 0 fully saturated rings. The van der Waals surface area contributed by atoms with Crippen LogP contribution in [0.15, 0.2) is 9.98 Å². The Morgan fingerprint density at radius 3 is 2.07 bits per heavy atom. The molecule has 0 bridgehead atoms. The van der Waals surface area contributed by atoms with E-state index < -0.39 is 0 Å². The summed E-state index contributed by atoms with van der Waals surface area (Å²) < 4.78 is 0. The molecular formula is C10H22ClN3. The van der Waals surface area contributed by atoms with E-state index in [2.05, 4.69) is 41.7 Å². The maximum Gasteiger partial charge on any atom is 0.0893 e. The van der Waals surface area contributed by atoms with Crippen molar-refractivity contribution in [2.75, 3.05) is 32.7 Å². The molecule has 0 atom stereocenters. The van der Waals surface area contributed by atoms with Gasteiger partial charge in [-0.05, 0) is 19.5 Å². The molecule has 0 saturated carbocycles. The zero-order valence-corrected chi connectivity index (χ0v) is 10.3. The fraction of sp³-hybridized carbons (Fsp3) is 0.900. The monoisotopic (exact) mass is 219 g/mol. The third-order valence-electron chi connectivity index (χ3n) is 1.90. The van der Waals surface area contributed by atoms with Gasteiger partial charge in [-0.15, -0.1) is 12.4 Å². The van der Waals surface area contributed by atoms with Crippen LogP contribution in [0.25, 0.3) is 0 Å². The second-order valence-electron chi connectivity index (χ2n) is 2.89. The summed E-state index contributed by atoms with van der Waals surface area (Å²) in [5.74, 6) is 0. The lowest BCUT2D eigenvalue weighted by atomic mass is 10.5. The maximum atomic E-state index is 4.09. The van der Waals surface area contributed by atoms with E-state index in [1.54, 1.807) is 0 Å². The molecule has 84 valence electrons. The second kappa shape index (κ2) is 12.6. The molecule has 0 heterocycles. The highest BCUT2D eigenvalue weighted by atomic mass is 35.5. The molecule has 0 aliphatic rings. The van der Waals surface area contributed by atoms with Crippen LogP contribution in [0.1, 0.15) is 27.2 Å². The van der Waals surface area contributed by atoms with Gasteiger partial charge in [0.2, 0.25) is 0 Å². The minimum Gasteiger partial charge on any atom is -0.302 e. The second-order valence-corrected chi connectivity index (χ2v) is 2.89. The average Bonchev–Trinajstić information content (AvgIpc) is 2.17. The topological polar surface area (TPSA) is 28.0 Å². The Hall–Kier alpha value is -0.370. The minimum atomic E-state index is 0. The van der Waals surface area contributed by atoms with E-state index in [1.807, 2.05) is 0 Å². The summed E-state index contributed by atoms with van der Waals surface area (Å²) in [5.41, 5.74) is 0. The molecule has 0 aliphatic heterocycles. The van der Waals surface area contributed by atoms with Gasteiger partial charge in [0.1, 0.15) is 0 Å². The summed E-state index contributed by atoms with van der Waals surface area (Å²) in [4.78, 5) is 10.4. The first kappa shape index (κ1) is 16.1. The van der Waals surface area contributed by atoms with Crippen molar-refractivity contribution in [3.05, 3.63) is 0 Å². The van der Waals surface area contributed by atoms with Crippen LogP contribution in [-0.2, 0) is 0 Å². The molecule has 14 heavy (non-hydrogen) atoms. The third-order valence-corrected chi connectivity index (χ3v) is 1.90. The molecular weight excluding hydrogens is 198 g/mol. The molecule has 0 radical (unpaired) electrons. The Labute approximate surface area is 93.7 Å². The summed E-state index contributed by atoms with van der Waals surface area (Å²) >= 11 is 0. The highest BCUT2D eigenvalue weighted by molar-refractivity contribution is 5.85. The zero-order chi connectivity index (χ0) is 9.94. The largest absolute Gasteiger partial charge is 0.302 e. The van der Waals surface area contributed by atoms with E-state index in [-0.39, 0.29) is 12.4 Å². The highest BCUT2D eigenvalue weighted by Crippen LogP contribution is 1.85. The zero-order valence-electron chi connectivity index (χ0n) is 9.49. The molecule has 0 amide bonds. The molecule has 4 heteroatoms. The van der Waals surface area contributed by atoms with E-state index in [0.717, 1.165) is 39.1 Å². The first-order chi connectivity index (χ1) is 6.35. The van der Waals surface area contributed by atoms with Crippen LogP contribution in [0.5, 0.6) is 0 Å². The van der Waals surface area contributed by atoms with E-state index >= 15 is 0 Å². The fourth-order valence-corrected chi connectivity index (χ4v) is 0.993. The van der Waals surface area contributed by atoms with Crippen LogP contribution in [-0.4, -0.2) is 43.6 Å². The molecule has 0 spiro atoms. The summed E-state index contributed by atoms with van der Waals surface area (Å²) in [6.07, 6.45) is 1.07. The molecule has 0 aliphatic carbocycles. The third kappa shape index (κ3) is 9.72. The molecule has 0 N–H and O–H groups in total. The normalized spacial score (nSPS) is 9.14. The van der Waals surface area contributed by atoms with E-state index in [0.29, 0.717) is 0 Å². The lowest BCUT2D eigenvalue weighted by molar-refractivity contribution is 0.313. The Morgan fingerprint density at radius 1 is 1.00 bits per heavy atom. The fourth-order valence-electron chi connectivity index (χ4n) is 0.993. The molecule has 0 unspecified atom stereocenters. The van der Waals surface area contributed by atoms with Gasteiger partial charge in [-0.2, -0.15) is 0 Å². The molecule has 0 rings (SSSR count). The molecule has 3 nitrogen and oxygen atoms in total. The number of hydrogen-bond acceptors (Lipinski definition) is 3. The van der Waals surface area contributed by atoms with Gasteiger partial charge in [0, 0.05) is 13.1 Å². The van der Waals surface area contributed by atoms with Gasteiger partial charge in [0.15, 0.2) is 0 Å². The SMILES string of the molecule is CCCN=C=NCCN(CC)CC.Cl. The van der Waals surface area contributed by atoms with Crippen LogP contribution in [0, 0.1) is 0 Å². The maximum absolute atomic E-state index is 4.09. The first-order valence-electron chi connectivity index (χ1n) is 5.15. The van der Waals surface area contributed by atoms with Crippen molar-refractivity contribution < 1.29 is 0 Å². The van der Waals surface area contributed by atoms with Gasteiger partial charge in [0.05, 0.1) is 12.6 Å². The number of halogens is 1. The molecule has 0 aromatic carbocycles. The number of aliphatic imine (C=N–C) groups is 2. The number of likely N-dealkylation sites (N-methyl/N-ethyl adjacent to an activating group) is 1. The van der Waals surface area contributed by atoms with Crippen molar-refractivity contribution in [1.29, 1.82) is 0 Å². The lowest BCUT2D eigenvalue weighted by Crippen LogP contribution is -2.25. The highest BCUT2D eigenvalue weighted by Gasteiger charge is 1.95. The molecule has 0 aromatic heterocycles. The van der Waals surface area contributed by atoms with Crippen LogP contribution in [0.2, 0.25) is 0 Å². The Kier molecular flexibility index (Phi) is 14.5. The summed E-state index contributed by atoms with van der Waals surface area (Å²) in [5, 5.41) is 0. The number of nitrogens with zero attached hydrogens (tertiary/aromatic N) is 3. The van der Waals surface area contributed by atoms with Crippen molar-refractivity contribution in [3.63, 3.8) is 0 Å². The van der Waals surface area contributed by atoms with Crippen LogP contribution >= 0.6 is 12.4 Å². The van der Waals surface area contributed by atoms with E-state index in [1.165, 1.54) is 0 Å². The smallest absolute Gasteiger partial charge is 0.0893 e. The Bertz CT molecular complexity index is 161. The lowest BCUT2D eigenvalue weighted by Gasteiger charge is -2.15. The van der Waals surface area contributed by atoms with Gasteiger partial charge in [-0.25, -0.2) is 9.98 Å². The van der Waals surface area contributed by atoms with Crippen LogP contribution in [0.4, 0.5) is 0 Å². The number of hydrogen-bond donors (Lipinski definition) is 0. The standard InChI is InChI=1S/C10H21N3.ClH/c1-4-7-11-10-12-8-9-13(5-2)6-3;/h4-9H2,1-3H3;1H. The van der Waals surface area contributed by atoms with Crippen molar-refractivity contribution in [1.82, 2.24) is 4.90 Å². The van der Waals surface area contributed by atoms with Crippen molar-refractivity contribution in [2.45, 2.75) is 27.2 Å². The van der Waals surface area contributed by atoms with Gasteiger partial charge >= 0.3 is 0 Å². The van der Waals surface area contributed by atoms with Crippen molar-refractivity contribution in [3.8, 4) is 0 Å². The van der Waals surface area contributed by atoms with Gasteiger partial charge in [0.25, 0.3) is 0 Å². The summed E-state index contributed by atoms with van der Waals surface area (Å²) in [7, 11) is 0. The van der Waals surface area contributed by atoms with Crippen LogP contribution < -0.4 is 0 Å². The van der Waals surface area contributed by atoms with Crippen molar-refractivity contribution >= 4 is 18.4 Å². The quantitative estimate of drug-likeness (QED) is 0.604. The first-order valence-corrected chi connectivity index (χ1v) is 5.15. The Morgan fingerprint density at radius 2 is 1.57 bits per heavy atom. The van der Waals surface area contributed by atoms with E-state index in [4.69, 9.17) is 0 Å². The summed E-state index contributed by atoms with van der Waals surface area (Å²) in [6, 6.07) is 2.71. The minimum absolute atomic E-state index is 0. The van der Waals surface area contributed by atoms with Crippen molar-refractivity contribution in [2.24, 2.45) is 9.98 Å². The predicted octanol–water partition coefficient (Wildman–Crippen LogP) is 2.33. The van der Waals surface area contributed by atoms with Gasteiger partial charge in [-0.3, -0.25) is 0 Å². The molecule has 0 saturated heterocycles. The van der Waals surface area contributed by atoms with E-state index in [9.17, 15) is 0 Å². The summed E-state index contributed by atoms with van der Waals surface area (Å²) in [6.45, 7) is 11.3. The molecule has 0 aromatic rings. The Balaban J connectivity index is 0. The predicted molar refractivity (Wildman–Crippen MR) is 64.9 cm³/mol.